The maximum Gasteiger partial charge on any atom is 0.305 e. The van der Waals surface area contributed by atoms with Gasteiger partial charge in [0.05, 0.1) is 12.7 Å². The largest absolute Gasteiger partial charge is 0.507 e. The van der Waals surface area contributed by atoms with Gasteiger partial charge in [0.2, 0.25) is 0 Å². The molecule has 0 radical (unpaired) electrons. The predicted molar refractivity (Wildman–Crippen MR) is 161 cm³/mol. The summed E-state index contributed by atoms with van der Waals surface area (Å²) in [4.78, 5) is 35.8. The number of allylic oxidation sites excluding steroid dienone is 1. The molecule has 6 nitrogen and oxygen atoms in total. The highest BCUT2D eigenvalue weighted by atomic mass is 16.5. The molecule has 0 spiro atoms. The lowest BCUT2D eigenvalue weighted by Gasteiger charge is -2.57. The number of phenols is 1. The molecule has 6 atom stereocenters. The second-order valence-electron chi connectivity index (χ2n) is 13.0. The lowest BCUT2D eigenvalue weighted by molar-refractivity contribution is -0.159. The molecule has 6 rings (SSSR count). The molecule has 4 aliphatic carbocycles. The first-order valence-electron chi connectivity index (χ1n) is 15.5. The van der Waals surface area contributed by atoms with Crippen LogP contribution in [0, 0.1) is 28.6 Å². The van der Waals surface area contributed by atoms with E-state index in [4.69, 9.17) is 9.47 Å². The summed E-state index contributed by atoms with van der Waals surface area (Å²) < 4.78 is 10.8. The van der Waals surface area contributed by atoms with Gasteiger partial charge in [-0.3, -0.25) is 14.4 Å². The third kappa shape index (κ3) is 5.52. The summed E-state index contributed by atoms with van der Waals surface area (Å²) in [6.45, 7) is 6.69. The van der Waals surface area contributed by atoms with Gasteiger partial charge < -0.3 is 14.6 Å². The van der Waals surface area contributed by atoms with Crippen LogP contribution in [-0.4, -0.2) is 35.9 Å². The number of fused-ring (bicyclic) bond motifs is 5. The Morgan fingerprint density at radius 3 is 2.40 bits per heavy atom. The molecule has 42 heavy (non-hydrogen) atoms. The zero-order valence-corrected chi connectivity index (χ0v) is 25.4. The van der Waals surface area contributed by atoms with Gasteiger partial charge in [-0.15, -0.1) is 0 Å². The highest BCUT2D eigenvalue weighted by Gasteiger charge is 2.59. The zero-order chi connectivity index (χ0) is 30.1. The van der Waals surface area contributed by atoms with Gasteiger partial charge in [0.25, 0.3) is 0 Å². The number of ketones is 2. The van der Waals surface area contributed by atoms with Gasteiger partial charge in [0.15, 0.2) is 11.6 Å². The molecule has 3 saturated carbocycles. The number of esters is 1. The van der Waals surface area contributed by atoms with Crippen LogP contribution in [0.15, 0.2) is 60.2 Å². The van der Waals surface area contributed by atoms with Crippen molar-refractivity contribution in [3.63, 3.8) is 0 Å². The van der Waals surface area contributed by atoms with E-state index in [0.717, 1.165) is 38.0 Å². The van der Waals surface area contributed by atoms with E-state index < -0.39 is 0 Å². The van der Waals surface area contributed by atoms with Crippen LogP contribution in [0.5, 0.6) is 11.5 Å². The Kier molecular flexibility index (Phi) is 8.63. The Labute approximate surface area is 249 Å². The smallest absolute Gasteiger partial charge is 0.305 e. The second kappa shape index (κ2) is 12.1. The molecular formula is C36H44O6. The number of hydrogen-bond acceptors (Lipinski definition) is 6. The SMILES string of the molecule is CCC(=O)OC1CCC2C3CCC4=CC(=O)CCC4(C)C3CCC12C.COc1ccc(C(=O)c2ccccc2)c(O)c1. The monoisotopic (exact) mass is 572 g/mol. The van der Waals surface area contributed by atoms with Crippen molar-refractivity contribution in [2.75, 3.05) is 7.11 Å². The van der Waals surface area contributed by atoms with Crippen LogP contribution < -0.4 is 4.74 Å². The molecule has 3 fully saturated rings. The number of methoxy groups -OCH3 is 1. The fourth-order valence-electron chi connectivity index (χ4n) is 8.52. The lowest BCUT2D eigenvalue weighted by atomic mass is 9.47. The summed E-state index contributed by atoms with van der Waals surface area (Å²) in [5.74, 6) is 2.66. The topological polar surface area (TPSA) is 89.9 Å². The first-order valence-corrected chi connectivity index (χ1v) is 15.5. The maximum absolute atomic E-state index is 12.1. The maximum atomic E-state index is 12.1. The minimum Gasteiger partial charge on any atom is -0.507 e. The van der Waals surface area contributed by atoms with Crippen molar-refractivity contribution in [3.8, 4) is 11.5 Å². The van der Waals surface area contributed by atoms with E-state index in [1.54, 1.807) is 36.4 Å². The first kappa shape index (κ1) is 30.1. The number of rotatable bonds is 5. The fourth-order valence-corrected chi connectivity index (χ4v) is 8.52. The van der Waals surface area contributed by atoms with E-state index in [0.29, 0.717) is 35.4 Å². The number of hydrogen-bond donors (Lipinski definition) is 1. The van der Waals surface area contributed by atoms with Gasteiger partial charge in [-0.1, -0.05) is 56.7 Å². The minimum absolute atomic E-state index is 0.0411. The Balaban J connectivity index is 0.000000181. The van der Waals surface area contributed by atoms with Crippen LogP contribution in [0.25, 0.3) is 0 Å². The van der Waals surface area contributed by atoms with Gasteiger partial charge in [-0.25, -0.2) is 0 Å². The Morgan fingerprint density at radius 1 is 0.952 bits per heavy atom. The van der Waals surface area contributed by atoms with E-state index >= 15 is 0 Å². The quantitative estimate of drug-likeness (QED) is 0.295. The zero-order valence-electron chi connectivity index (χ0n) is 25.4. The molecular weight excluding hydrogens is 528 g/mol. The third-order valence-corrected chi connectivity index (χ3v) is 10.9. The molecule has 0 saturated heterocycles. The molecule has 4 aliphatic rings. The average molecular weight is 573 g/mol. The van der Waals surface area contributed by atoms with Crippen molar-refractivity contribution in [1.82, 2.24) is 0 Å². The molecule has 6 heteroatoms. The van der Waals surface area contributed by atoms with Crippen LogP contribution >= 0.6 is 0 Å². The summed E-state index contributed by atoms with van der Waals surface area (Å²) in [5.41, 5.74) is 2.65. The van der Waals surface area contributed by atoms with E-state index in [1.807, 2.05) is 19.1 Å². The highest BCUT2D eigenvalue weighted by molar-refractivity contribution is 6.10. The molecule has 2 aromatic rings. The number of aromatic hydroxyl groups is 1. The number of benzene rings is 2. The third-order valence-electron chi connectivity index (χ3n) is 10.9. The summed E-state index contributed by atoms with van der Waals surface area (Å²) in [7, 11) is 1.51. The van der Waals surface area contributed by atoms with E-state index in [9.17, 15) is 19.5 Å². The van der Waals surface area contributed by atoms with Crippen LogP contribution in [0.4, 0.5) is 0 Å². The van der Waals surface area contributed by atoms with E-state index in [2.05, 4.69) is 13.8 Å². The average Bonchev–Trinajstić information content (AvgIpc) is 3.33. The fraction of sp³-hybridized carbons (Fsp3) is 0.528. The normalized spacial score (nSPS) is 31.3. The molecule has 0 aromatic heterocycles. The van der Waals surface area contributed by atoms with Crippen molar-refractivity contribution in [1.29, 1.82) is 0 Å². The minimum atomic E-state index is -0.203. The predicted octanol–water partition coefficient (Wildman–Crippen LogP) is 7.47. The first-order chi connectivity index (χ1) is 20.1. The highest BCUT2D eigenvalue weighted by Crippen LogP contribution is 2.65. The van der Waals surface area contributed by atoms with Gasteiger partial charge in [0, 0.05) is 29.9 Å². The van der Waals surface area contributed by atoms with Crippen molar-refractivity contribution in [3.05, 3.63) is 71.3 Å². The molecule has 0 amide bonds. The Morgan fingerprint density at radius 2 is 1.71 bits per heavy atom. The molecule has 2 aromatic carbocycles. The Hall–Kier alpha value is -3.41. The summed E-state index contributed by atoms with van der Waals surface area (Å²) in [5, 5.41) is 9.75. The number of phenolic OH excluding ortho intramolecular Hbond substituents is 1. The number of carbonyl (C=O) groups is 3. The van der Waals surface area contributed by atoms with Crippen molar-refractivity contribution >= 4 is 17.5 Å². The standard InChI is InChI=1S/C22H32O3.C14H12O3/c1-4-20(24)25-19-8-7-17-16-6-5-14-13-15(23)9-11-21(14,2)18(16)10-12-22(17,19)3;1-17-11-7-8-12(13(15)9-11)14(16)10-5-3-2-4-6-10/h13,16-19H,4-12H2,1-3H3;2-9,15H,1H3. The molecule has 0 heterocycles. The van der Waals surface area contributed by atoms with Crippen molar-refractivity contribution < 1.29 is 29.0 Å². The van der Waals surface area contributed by atoms with Gasteiger partial charge in [-0.05, 0) is 86.3 Å². The number of ether oxygens (including phenoxy) is 2. The number of carbonyl (C=O) groups excluding carboxylic acids is 3. The molecule has 1 N–H and O–H groups in total. The van der Waals surface area contributed by atoms with Gasteiger partial charge >= 0.3 is 5.97 Å². The van der Waals surface area contributed by atoms with Crippen LogP contribution in [0.3, 0.4) is 0 Å². The van der Waals surface area contributed by atoms with Gasteiger partial charge in [0.1, 0.15) is 17.6 Å². The molecule has 6 unspecified atom stereocenters. The van der Waals surface area contributed by atoms with Crippen LogP contribution in [-0.2, 0) is 14.3 Å². The molecule has 0 bridgehead atoms. The molecule has 224 valence electrons. The summed E-state index contributed by atoms with van der Waals surface area (Å²) in [6.07, 6.45) is 11.3. The summed E-state index contributed by atoms with van der Waals surface area (Å²) in [6, 6.07) is 13.5. The van der Waals surface area contributed by atoms with E-state index in [1.165, 1.54) is 38.0 Å². The van der Waals surface area contributed by atoms with E-state index in [-0.39, 0.29) is 40.0 Å². The van der Waals surface area contributed by atoms with Crippen molar-refractivity contribution in [2.45, 2.75) is 84.7 Å². The lowest BCUT2D eigenvalue weighted by Crippen LogP contribution is -2.51. The van der Waals surface area contributed by atoms with Gasteiger partial charge in [-0.2, -0.15) is 0 Å². The second-order valence-corrected chi connectivity index (χ2v) is 13.0. The molecule has 0 aliphatic heterocycles. The summed E-state index contributed by atoms with van der Waals surface area (Å²) >= 11 is 0. The van der Waals surface area contributed by atoms with Crippen molar-refractivity contribution in [2.24, 2.45) is 28.6 Å². The van der Waals surface area contributed by atoms with Crippen LogP contribution in [0.2, 0.25) is 0 Å². The Bertz CT molecular complexity index is 1360. The van der Waals surface area contributed by atoms with Crippen LogP contribution in [0.1, 0.15) is 94.5 Å².